The number of hydrogen-bond donors (Lipinski definition) is 3. The van der Waals surface area contributed by atoms with Crippen LogP contribution in [0.1, 0.15) is 30.0 Å². The van der Waals surface area contributed by atoms with Gasteiger partial charge in [0.25, 0.3) is 5.69 Å². The molecule has 1 aliphatic heterocycles. The van der Waals surface area contributed by atoms with E-state index in [9.17, 15) is 14.9 Å². The van der Waals surface area contributed by atoms with Gasteiger partial charge in [-0.3, -0.25) is 25.8 Å². The van der Waals surface area contributed by atoms with Crippen LogP contribution in [-0.4, -0.2) is 33.4 Å². The maximum atomic E-state index is 13.4. The van der Waals surface area contributed by atoms with Crippen molar-refractivity contribution in [3.63, 3.8) is 0 Å². The summed E-state index contributed by atoms with van der Waals surface area (Å²) >= 11 is 5.52. The number of hydrazine groups is 1. The number of benzene rings is 3. The van der Waals surface area contributed by atoms with Crippen LogP contribution in [0.15, 0.2) is 84.9 Å². The van der Waals surface area contributed by atoms with E-state index in [0.717, 1.165) is 17.5 Å². The summed E-state index contributed by atoms with van der Waals surface area (Å²) in [6.07, 6.45) is 1.47. The number of nitro benzene ring substituents is 1. The first-order chi connectivity index (χ1) is 16.5. The fraction of sp³-hybridized carbons (Fsp3) is 0.200. The Morgan fingerprint density at radius 1 is 0.971 bits per heavy atom. The molecule has 0 spiro atoms. The van der Waals surface area contributed by atoms with Gasteiger partial charge in [-0.1, -0.05) is 72.8 Å². The summed E-state index contributed by atoms with van der Waals surface area (Å²) < 4.78 is 0. The lowest BCUT2D eigenvalue weighted by Gasteiger charge is -2.29. The van der Waals surface area contributed by atoms with Crippen LogP contribution in [-0.2, 0) is 4.79 Å². The molecule has 3 aromatic carbocycles. The summed E-state index contributed by atoms with van der Waals surface area (Å²) in [5.41, 5.74) is 7.89. The third-order valence-corrected chi connectivity index (χ3v) is 6.11. The Kier molecular flexibility index (Phi) is 7.34. The maximum Gasteiger partial charge on any atom is 0.294 e. The van der Waals surface area contributed by atoms with Gasteiger partial charge in [-0.25, -0.2) is 0 Å². The van der Waals surface area contributed by atoms with Crippen molar-refractivity contribution in [3.8, 4) is 0 Å². The van der Waals surface area contributed by atoms with Gasteiger partial charge in [-0.2, -0.15) is 0 Å². The highest BCUT2D eigenvalue weighted by molar-refractivity contribution is 7.80. The highest BCUT2D eigenvalue weighted by Gasteiger charge is 2.34. The second-order valence-electron chi connectivity index (χ2n) is 7.94. The number of nitrogens with one attached hydrogen (secondary N) is 3. The number of para-hydroxylation sites is 2. The molecule has 34 heavy (non-hydrogen) atoms. The van der Waals surface area contributed by atoms with Crippen LogP contribution in [0.5, 0.6) is 0 Å². The largest absolute Gasteiger partial charge is 0.343 e. The van der Waals surface area contributed by atoms with E-state index in [2.05, 4.69) is 16.2 Å². The van der Waals surface area contributed by atoms with Crippen molar-refractivity contribution >= 4 is 34.6 Å². The molecule has 0 unspecified atom stereocenters. The number of amides is 1. The predicted octanol–water partition coefficient (Wildman–Crippen LogP) is 4.17. The van der Waals surface area contributed by atoms with Crippen molar-refractivity contribution in [2.24, 2.45) is 0 Å². The molecular formula is C25H25N5O3S. The maximum absolute atomic E-state index is 13.4. The Balaban J connectivity index is 1.46. The highest BCUT2D eigenvalue weighted by Crippen LogP contribution is 2.25. The topological polar surface area (TPSA) is 99.5 Å². The van der Waals surface area contributed by atoms with Crippen LogP contribution in [0.3, 0.4) is 0 Å². The van der Waals surface area contributed by atoms with Crippen molar-refractivity contribution in [2.45, 2.75) is 24.9 Å². The van der Waals surface area contributed by atoms with Gasteiger partial charge in [0.2, 0.25) is 5.91 Å². The molecule has 1 fully saturated rings. The fourth-order valence-electron chi connectivity index (χ4n) is 4.10. The minimum Gasteiger partial charge on any atom is -0.343 e. The lowest BCUT2D eigenvalue weighted by atomic mass is 9.98. The van der Waals surface area contributed by atoms with Crippen LogP contribution in [0, 0.1) is 10.1 Å². The first kappa shape index (κ1) is 23.2. The molecule has 1 aliphatic rings. The number of thiocarbonyl (C=S) groups is 1. The Morgan fingerprint density at radius 2 is 1.56 bits per heavy atom. The minimum absolute atomic E-state index is 0.0675. The summed E-state index contributed by atoms with van der Waals surface area (Å²) in [6, 6.07) is 25.2. The number of likely N-dealkylation sites (tertiary alicyclic amines) is 1. The second-order valence-corrected chi connectivity index (χ2v) is 8.33. The van der Waals surface area contributed by atoms with E-state index in [1.807, 2.05) is 65.6 Å². The molecule has 1 atom stereocenters. The summed E-state index contributed by atoms with van der Waals surface area (Å²) in [6.45, 7) is 0.615. The van der Waals surface area contributed by atoms with Gasteiger partial charge in [-0.15, -0.1) is 0 Å². The van der Waals surface area contributed by atoms with Gasteiger partial charge in [0.1, 0.15) is 11.7 Å². The molecule has 174 valence electrons. The van der Waals surface area contributed by atoms with Gasteiger partial charge in [0.15, 0.2) is 5.11 Å². The molecule has 0 aliphatic carbocycles. The van der Waals surface area contributed by atoms with Gasteiger partial charge in [-0.05, 0) is 42.3 Å². The van der Waals surface area contributed by atoms with Crippen molar-refractivity contribution in [3.05, 3.63) is 106 Å². The number of anilines is 1. The third kappa shape index (κ3) is 5.32. The number of nitrogens with zero attached hydrogens (tertiary/aromatic N) is 2. The monoisotopic (exact) mass is 475 g/mol. The molecule has 1 saturated heterocycles. The molecule has 1 amide bonds. The molecule has 9 heteroatoms. The average Bonchev–Trinajstić information content (AvgIpc) is 3.37. The van der Waals surface area contributed by atoms with E-state index >= 15 is 0 Å². The molecule has 0 saturated carbocycles. The number of hydrogen-bond acceptors (Lipinski definition) is 5. The van der Waals surface area contributed by atoms with E-state index in [0.29, 0.717) is 23.8 Å². The molecule has 0 radical (unpaired) electrons. The van der Waals surface area contributed by atoms with E-state index in [1.165, 1.54) is 6.07 Å². The molecule has 4 rings (SSSR count). The Hall–Kier alpha value is -3.98. The molecule has 0 bridgehead atoms. The third-order valence-electron chi connectivity index (χ3n) is 5.77. The first-order valence-corrected chi connectivity index (χ1v) is 11.4. The SMILES string of the molecule is O=C(NC(c1ccccc1)c1ccccc1)[C@H]1CCCN1C(=S)NNc1ccccc1[N+](=O)[O-]. The molecule has 3 aromatic rings. The van der Waals surface area contributed by atoms with Crippen LogP contribution >= 0.6 is 12.2 Å². The lowest BCUT2D eigenvalue weighted by Crippen LogP contribution is -2.51. The van der Waals surface area contributed by atoms with Crippen LogP contribution < -0.4 is 16.2 Å². The molecule has 1 heterocycles. The second kappa shape index (κ2) is 10.8. The standard InChI is InChI=1S/C25H25N5O3S/c31-24(26-23(18-10-3-1-4-11-18)19-12-5-2-6-13-19)22-16-9-17-29(22)25(34)28-27-20-14-7-8-15-21(20)30(32)33/h1-8,10-15,22-23,27H,9,16-17H2,(H,26,31)(H,28,34)/t22-/m1/s1. The van der Waals surface area contributed by atoms with Crippen molar-refractivity contribution in [1.29, 1.82) is 0 Å². The van der Waals surface area contributed by atoms with Crippen LogP contribution in [0.25, 0.3) is 0 Å². The number of carbonyl (C=O) groups excluding carboxylic acids is 1. The van der Waals surface area contributed by atoms with Gasteiger partial charge >= 0.3 is 0 Å². The number of nitro groups is 1. The predicted molar refractivity (Wildman–Crippen MR) is 135 cm³/mol. The van der Waals surface area contributed by atoms with Crippen molar-refractivity contribution in [1.82, 2.24) is 15.6 Å². The van der Waals surface area contributed by atoms with Crippen molar-refractivity contribution < 1.29 is 9.72 Å². The summed E-state index contributed by atoms with van der Waals surface area (Å²) in [4.78, 5) is 26.0. The summed E-state index contributed by atoms with van der Waals surface area (Å²) in [5.74, 6) is -0.120. The number of carbonyl (C=O) groups is 1. The Bertz CT molecular complexity index is 1120. The molecule has 0 aromatic heterocycles. The van der Waals surface area contributed by atoms with Crippen LogP contribution in [0.2, 0.25) is 0 Å². The highest BCUT2D eigenvalue weighted by atomic mass is 32.1. The molecule has 3 N–H and O–H groups in total. The lowest BCUT2D eigenvalue weighted by molar-refractivity contribution is -0.384. The zero-order chi connectivity index (χ0) is 23.9. The van der Waals surface area contributed by atoms with Gasteiger partial charge in [0.05, 0.1) is 11.0 Å². The van der Waals surface area contributed by atoms with Gasteiger partial charge in [0, 0.05) is 12.6 Å². The number of rotatable bonds is 7. The molecular weight excluding hydrogens is 450 g/mol. The summed E-state index contributed by atoms with van der Waals surface area (Å²) in [7, 11) is 0. The Labute approximate surface area is 203 Å². The zero-order valence-electron chi connectivity index (χ0n) is 18.4. The normalized spacial score (nSPS) is 15.1. The van der Waals surface area contributed by atoms with E-state index in [1.54, 1.807) is 18.2 Å². The minimum atomic E-state index is -0.466. The van der Waals surface area contributed by atoms with E-state index < -0.39 is 11.0 Å². The average molecular weight is 476 g/mol. The van der Waals surface area contributed by atoms with E-state index in [-0.39, 0.29) is 17.6 Å². The zero-order valence-corrected chi connectivity index (χ0v) is 19.2. The van der Waals surface area contributed by atoms with Gasteiger partial charge < -0.3 is 10.2 Å². The Morgan fingerprint density at radius 3 is 2.18 bits per heavy atom. The van der Waals surface area contributed by atoms with E-state index in [4.69, 9.17) is 12.2 Å². The van der Waals surface area contributed by atoms with Crippen molar-refractivity contribution in [2.75, 3.05) is 12.0 Å². The molecule has 8 nitrogen and oxygen atoms in total. The smallest absolute Gasteiger partial charge is 0.294 e. The fourth-order valence-corrected chi connectivity index (χ4v) is 4.37. The summed E-state index contributed by atoms with van der Waals surface area (Å²) in [5, 5.41) is 14.8. The van der Waals surface area contributed by atoms with Crippen LogP contribution in [0.4, 0.5) is 11.4 Å². The quantitative estimate of drug-likeness (QED) is 0.268. The first-order valence-electron chi connectivity index (χ1n) is 11.0.